The summed E-state index contributed by atoms with van der Waals surface area (Å²) in [4.78, 5) is 0. The molecule has 0 spiro atoms. The van der Waals surface area contributed by atoms with Crippen LogP contribution in [0.1, 0.15) is 39.0 Å². The largest absolute Gasteiger partial charge is 0.378 e. The van der Waals surface area contributed by atoms with Crippen molar-refractivity contribution in [3.05, 3.63) is 0 Å². The van der Waals surface area contributed by atoms with Gasteiger partial charge in [-0.2, -0.15) is 0 Å². The van der Waals surface area contributed by atoms with Crippen molar-refractivity contribution in [3.8, 4) is 0 Å². The van der Waals surface area contributed by atoms with Gasteiger partial charge in [0, 0.05) is 18.5 Å². The van der Waals surface area contributed by atoms with E-state index in [1.165, 1.54) is 19.3 Å². The highest BCUT2D eigenvalue weighted by molar-refractivity contribution is 6.17. The van der Waals surface area contributed by atoms with Crippen LogP contribution in [0.3, 0.4) is 0 Å². The average molecular weight is 220 g/mol. The van der Waals surface area contributed by atoms with Gasteiger partial charge in [-0.05, 0) is 45.6 Å². The van der Waals surface area contributed by atoms with E-state index >= 15 is 0 Å². The van der Waals surface area contributed by atoms with Crippen LogP contribution >= 0.6 is 11.6 Å². The molecule has 1 N–H and O–H groups in total. The lowest BCUT2D eigenvalue weighted by Gasteiger charge is -2.15. The van der Waals surface area contributed by atoms with Crippen molar-refractivity contribution in [1.82, 2.24) is 5.32 Å². The molecule has 0 aromatic heterocycles. The molecule has 1 aliphatic heterocycles. The van der Waals surface area contributed by atoms with Crippen molar-refractivity contribution in [1.29, 1.82) is 0 Å². The summed E-state index contributed by atoms with van der Waals surface area (Å²) in [6, 6.07) is 0.593. The highest BCUT2D eigenvalue weighted by atomic mass is 35.5. The molecule has 84 valence electrons. The first-order chi connectivity index (χ1) is 6.83. The number of rotatable bonds is 7. The SMILES string of the molecule is CC(CCCCl)NCCC1CCCO1. The van der Waals surface area contributed by atoms with E-state index in [1.807, 2.05) is 0 Å². The Kier molecular flexibility index (Phi) is 6.57. The second-order valence-electron chi connectivity index (χ2n) is 4.11. The van der Waals surface area contributed by atoms with E-state index in [0.29, 0.717) is 12.1 Å². The molecule has 2 unspecified atom stereocenters. The third kappa shape index (κ3) is 5.18. The number of nitrogens with one attached hydrogen (secondary N) is 1. The van der Waals surface area contributed by atoms with Crippen LogP contribution in [0.25, 0.3) is 0 Å². The minimum atomic E-state index is 0.516. The van der Waals surface area contributed by atoms with Crippen LogP contribution < -0.4 is 5.32 Å². The topological polar surface area (TPSA) is 21.3 Å². The molecule has 0 aromatic carbocycles. The van der Waals surface area contributed by atoms with Crippen molar-refractivity contribution in [2.24, 2.45) is 0 Å². The maximum Gasteiger partial charge on any atom is 0.0588 e. The Morgan fingerprint density at radius 3 is 3.07 bits per heavy atom. The fraction of sp³-hybridized carbons (Fsp3) is 1.00. The molecule has 0 bridgehead atoms. The van der Waals surface area contributed by atoms with Crippen LogP contribution in [0.15, 0.2) is 0 Å². The molecule has 2 nitrogen and oxygen atoms in total. The van der Waals surface area contributed by atoms with Crippen LogP contribution in [0.2, 0.25) is 0 Å². The zero-order chi connectivity index (χ0) is 10.2. The fourth-order valence-corrected chi connectivity index (χ4v) is 2.00. The van der Waals surface area contributed by atoms with Gasteiger partial charge in [-0.25, -0.2) is 0 Å². The lowest BCUT2D eigenvalue weighted by atomic mass is 10.1. The average Bonchev–Trinajstić information content (AvgIpc) is 2.67. The van der Waals surface area contributed by atoms with Crippen LogP contribution in [-0.4, -0.2) is 31.2 Å². The minimum absolute atomic E-state index is 0.516. The first-order valence-corrected chi connectivity index (χ1v) is 6.27. The molecular formula is C11H22ClNO. The smallest absolute Gasteiger partial charge is 0.0588 e. The molecule has 0 saturated carbocycles. The number of halogens is 1. The Morgan fingerprint density at radius 2 is 2.43 bits per heavy atom. The standard InChI is InChI=1S/C11H22ClNO/c1-10(4-2-7-12)13-8-6-11-5-3-9-14-11/h10-11,13H,2-9H2,1H3. The zero-order valence-electron chi connectivity index (χ0n) is 9.10. The van der Waals surface area contributed by atoms with Gasteiger partial charge in [0.05, 0.1) is 6.10 Å². The van der Waals surface area contributed by atoms with Crippen LogP contribution in [-0.2, 0) is 4.74 Å². The Morgan fingerprint density at radius 1 is 1.57 bits per heavy atom. The summed E-state index contributed by atoms with van der Waals surface area (Å²) in [5, 5.41) is 3.51. The maximum absolute atomic E-state index is 5.64. The highest BCUT2D eigenvalue weighted by Crippen LogP contribution is 2.14. The molecule has 3 heteroatoms. The van der Waals surface area contributed by atoms with Gasteiger partial charge in [0.25, 0.3) is 0 Å². The van der Waals surface area contributed by atoms with Gasteiger partial charge < -0.3 is 10.1 Å². The fourth-order valence-electron chi connectivity index (χ4n) is 1.85. The summed E-state index contributed by atoms with van der Waals surface area (Å²) < 4.78 is 5.55. The van der Waals surface area contributed by atoms with Gasteiger partial charge in [-0.15, -0.1) is 11.6 Å². The van der Waals surface area contributed by atoms with Gasteiger partial charge in [0.2, 0.25) is 0 Å². The summed E-state index contributed by atoms with van der Waals surface area (Å²) >= 11 is 5.64. The number of hydrogen-bond donors (Lipinski definition) is 1. The Hall–Kier alpha value is 0.210. The van der Waals surface area contributed by atoms with E-state index in [2.05, 4.69) is 12.2 Å². The molecule has 1 saturated heterocycles. The van der Waals surface area contributed by atoms with Crippen LogP contribution in [0.5, 0.6) is 0 Å². The Labute approximate surface area is 92.3 Å². The van der Waals surface area contributed by atoms with Crippen molar-refractivity contribution in [2.45, 2.75) is 51.2 Å². The molecule has 1 rings (SSSR count). The third-order valence-electron chi connectivity index (χ3n) is 2.75. The van der Waals surface area contributed by atoms with E-state index < -0.39 is 0 Å². The summed E-state index contributed by atoms with van der Waals surface area (Å²) in [6.07, 6.45) is 6.45. The summed E-state index contributed by atoms with van der Waals surface area (Å²) in [5.41, 5.74) is 0. The number of hydrogen-bond acceptors (Lipinski definition) is 2. The predicted molar refractivity (Wildman–Crippen MR) is 61.0 cm³/mol. The molecule has 0 amide bonds. The first-order valence-electron chi connectivity index (χ1n) is 5.74. The molecule has 0 aromatic rings. The van der Waals surface area contributed by atoms with Crippen molar-refractivity contribution < 1.29 is 4.74 Å². The molecule has 1 aliphatic rings. The second-order valence-corrected chi connectivity index (χ2v) is 4.49. The van der Waals surface area contributed by atoms with Crippen molar-refractivity contribution in [3.63, 3.8) is 0 Å². The van der Waals surface area contributed by atoms with Gasteiger partial charge in [0.1, 0.15) is 0 Å². The number of alkyl halides is 1. The second kappa shape index (κ2) is 7.49. The summed E-state index contributed by atoms with van der Waals surface area (Å²) in [5.74, 6) is 0.776. The van der Waals surface area contributed by atoms with Gasteiger partial charge >= 0.3 is 0 Å². The van der Waals surface area contributed by atoms with E-state index in [4.69, 9.17) is 16.3 Å². The van der Waals surface area contributed by atoms with Gasteiger partial charge in [0.15, 0.2) is 0 Å². The van der Waals surface area contributed by atoms with E-state index in [9.17, 15) is 0 Å². The number of ether oxygens (including phenoxy) is 1. The third-order valence-corrected chi connectivity index (χ3v) is 3.02. The normalized spacial score (nSPS) is 24.0. The molecule has 2 atom stereocenters. The molecule has 0 radical (unpaired) electrons. The van der Waals surface area contributed by atoms with E-state index in [-0.39, 0.29) is 0 Å². The quantitative estimate of drug-likeness (QED) is 0.665. The van der Waals surface area contributed by atoms with Gasteiger partial charge in [-0.3, -0.25) is 0 Å². The molecule has 0 aliphatic carbocycles. The maximum atomic E-state index is 5.64. The molecule has 1 fully saturated rings. The van der Waals surface area contributed by atoms with Crippen LogP contribution in [0.4, 0.5) is 0 Å². The van der Waals surface area contributed by atoms with Crippen molar-refractivity contribution >= 4 is 11.6 Å². The van der Waals surface area contributed by atoms with Crippen molar-refractivity contribution in [2.75, 3.05) is 19.0 Å². The first kappa shape index (κ1) is 12.3. The monoisotopic (exact) mass is 219 g/mol. The molecule has 14 heavy (non-hydrogen) atoms. The lowest BCUT2D eigenvalue weighted by molar-refractivity contribution is 0.103. The molecule has 1 heterocycles. The van der Waals surface area contributed by atoms with E-state index in [1.54, 1.807) is 0 Å². The molecular weight excluding hydrogens is 198 g/mol. The Balaban J connectivity index is 1.91. The predicted octanol–water partition coefficient (Wildman–Crippen LogP) is 2.55. The lowest BCUT2D eigenvalue weighted by Crippen LogP contribution is -2.29. The van der Waals surface area contributed by atoms with Crippen LogP contribution in [0, 0.1) is 0 Å². The summed E-state index contributed by atoms with van der Waals surface area (Å²) in [7, 11) is 0. The summed E-state index contributed by atoms with van der Waals surface area (Å²) in [6.45, 7) is 4.27. The Bertz CT molecular complexity index is 137. The zero-order valence-corrected chi connectivity index (χ0v) is 9.85. The van der Waals surface area contributed by atoms with Gasteiger partial charge in [-0.1, -0.05) is 0 Å². The minimum Gasteiger partial charge on any atom is -0.378 e. The van der Waals surface area contributed by atoms with E-state index in [0.717, 1.165) is 31.9 Å². The highest BCUT2D eigenvalue weighted by Gasteiger charge is 2.14.